The lowest BCUT2D eigenvalue weighted by Gasteiger charge is -2.16. The van der Waals surface area contributed by atoms with Crippen molar-refractivity contribution in [3.63, 3.8) is 0 Å². The van der Waals surface area contributed by atoms with Gasteiger partial charge < -0.3 is 10.6 Å². The molecule has 3 rings (SSSR count). The van der Waals surface area contributed by atoms with E-state index in [-0.39, 0.29) is 10.9 Å². The Balaban J connectivity index is 1.70. The summed E-state index contributed by atoms with van der Waals surface area (Å²) in [7, 11) is 0. The largest absolute Gasteiger partial charge is 0.374 e. The number of halogens is 2. The van der Waals surface area contributed by atoms with Gasteiger partial charge in [0.1, 0.15) is 11.9 Å². The Hall–Kier alpha value is -2.59. The first-order valence-corrected chi connectivity index (χ1v) is 7.92. The van der Waals surface area contributed by atoms with Crippen LogP contribution in [-0.2, 0) is 4.79 Å². The van der Waals surface area contributed by atoms with Gasteiger partial charge in [0.2, 0.25) is 5.91 Å². The molecule has 3 aromatic rings. The van der Waals surface area contributed by atoms with Gasteiger partial charge in [0.05, 0.1) is 10.7 Å². The minimum atomic E-state index is -0.479. The van der Waals surface area contributed by atoms with E-state index in [2.05, 4.69) is 10.6 Å². The van der Waals surface area contributed by atoms with Crippen molar-refractivity contribution >= 4 is 39.7 Å². The Morgan fingerprint density at radius 1 is 1.04 bits per heavy atom. The number of benzene rings is 3. The van der Waals surface area contributed by atoms with Crippen molar-refractivity contribution in [1.29, 1.82) is 0 Å². The van der Waals surface area contributed by atoms with Crippen LogP contribution in [0, 0.1) is 5.82 Å². The Morgan fingerprint density at radius 2 is 1.79 bits per heavy atom. The third kappa shape index (κ3) is 3.66. The summed E-state index contributed by atoms with van der Waals surface area (Å²) in [6.45, 7) is 1.75. The number of nitrogens with one attached hydrogen (secondary N) is 2. The monoisotopic (exact) mass is 342 g/mol. The molecule has 0 aliphatic heterocycles. The number of carbonyl (C=O) groups is 1. The fourth-order valence-electron chi connectivity index (χ4n) is 2.43. The predicted octanol–water partition coefficient (Wildman–Crippen LogP) is 5.07. The molecule has 2 N–H and O–H groups in total. The first-order valence-electron chi connectivity index (χ1n) is 7.54. The molecule has 0 aliphatic carbocycles. The lowest BCUT2D eigenvalue weighted by molar-refractivity contribution is -0.116. The lowest BCUT2D eigenvalue weighted by atomic mass is 10.1. The number of hydrogen-bond acceptors (Lipinski definition) is 2. The van der Waals surface area contributed by atoms with E-state index < -0.39 is 11.9 Å². The molecule has 0 aromatic heterocycles. The Bertz CT molecular complexity index is 897. The quantitative estimate of drug-likeness (QED) is 0.695. The minimum Gasteiger partial charge on any atom is -0.374 e. The molecular formula is C19H16ClFN2O. The van der Waals surface area contributed by atoms with Crippen molar-refractivity contribution in [2.75, 3.05) is 10.6 Å². The third-order valence-corrected chi connectivity index (χ3v) is 4.03. The fraction of sp³-hybridized carbons (Fsp3) is 0.105. The zero-order chi connectivity index (χ0) is 17.1. The highest BCUT2D eigenvalue weighted by atomic mass is 35.5. The van der Waals surface area contributed by atoms with E-state index in [0.29, 0.717) is 5.69 Å². The van der Waals surface area contributed by atoms with Crippen molar-refractivity contribution in [1.82, 2.24) is 0 Å². The van der Waals surface area contributed by atoms with Crippen LogP contribution in [0.4, 0.5) is 15.8 Å². The minimum absolute atomic E-state index is 0.168. The van der Waals surface area contributed by atoms with Crippen LogP contribution in [-0.4, -0.2) is 11.9 Å². The van der Waals surface area contributed by atoms with Crippen LogP contribution in [0.2, 0.25) is 5.02 Å². The van der Waals surface area contributed by atoms with Crippen LogP contribution in [0.1, 0.15) is 6.92 Å². The average Bonchev–Trinajstić information content (AvgIpc) is 2.57. The smallest absolute Gasteiger partial charge is 0.246 e. The second-order valence-corrected chi connectivity index (χ2v) is 5.95. The zero-order valence-corrected chi connectivity index (χ0v) is 13.8. The topological polar surface area (TPSA) is 41.1 Å². The van der Waals surface area contributed by atoms with Gasteiger partial charge in [0.25, 0.3) is 0 Å². The van der Waals surface area contributed by atoms with Gasteiger partial charge in [0, 0.05) is 5.69 Å². The molecule has 0 bridgehead atoms. The standard InChI is InChI=1S/C19H16ClFN2O/c1-12(19(24)23-18-9-7-15(21)11-17(18)20)22-16-8-6-13-4-2-3-5-14(13)10-16/h2-12,22H,1H3,(H,23,24)/t12-/m0/s1. The highest BCUT2D eigenvalue weighted by Crippen LogP contribution is 2.23. The second-order valence-electron chi connectivity index (χ2n) is 5.54. The van der Waals surface area contributed by atoms with Crippen LogP contribution >= 0.6 is 11.6 Å². The number of carbonyl (C=O) groups excluding carboxylic acids is 1. The second kappa shape index (κ2) is 6.89. The van der Waals surface area contributed by atoms with Gasteiger partial charge >= 0.3 is 0 Å². The van der Waals surface area contributed by atoms with E-state index in [4.69, 9.17) is 11.6 Å². The van der Waals surface area contributed by atoms with Gasteiger partial charge in [-0.25, -0.2) is 4.39 Å². The summed E-state index contributed by atoms with van der Waals surface area (Å²) in [4.78, 5) is 12.3. The summed E-state index contributed by atoms with van der Waals surface area (Å²) in [6.07, 6.45) is 0. The lowest BCUT2D eigenvalue weighted by Crippen LogP contribution is -2.31. The Kier molecular flexibility index (Phi) is 4.67. The maximum Gasteiger partial charge on any atom is 0.246 e. The number of hydrogen-bond donors (Lipinski definition) is 2. The molecular weight excluding hydrogens is 327 g/mol. The number of fused-ring (bicyclic) bond motifs is 1. The molecule has 5 heteroatoms. The number of rotatable bonds is 4. The summed E-state index contributed by atoms with van der Waals surface area (Å²) in [6, 6.07) is 17.3. The SMILES string of the molecule is C[C@H](Nc1ccc2ccccc2c1)C(=O)Nc1ccc(F)cc1Cl. The maximum absolute atomic E-state index is 13.0. The van der Waals surface area contributed by atoms with Crippen LogP contribution < -0.4 is 10.6 Å². The van der Waals surface area contributed by atoms with Crippen molar-refractivity contribution < 1.29 is 9.18 Å². The van der Waals surface area contributed by atoms with Crippen LogP contribution in [0.15, 0.2) is 60.7 Å². The summed E-state index contributed by atoms with van der Waals surface area (Å²) in [5.74, 6) is -0.697. The van der Waals surface area contributed by atoms with E-state index in [0.717, 1.165) is 16.5 Å². The summed E-state index contributed by atoms with van der Waals surface area (Å²) >= 11 is 5.93. The molecule has 1 amide bonds. The van der Waals surface area contributed by atoms with Gasteiger partial charge in [0.15, 0.2) is 0 Å². The van der Waals surface area contributed by atoms with E-state index in [1.807, 2.05) is 42.5 Å². The number of amides is 1. The number of anilines is 2. The van der Waals surface area contributed by atoms with Gasteiger partial charge in [-0.15, -0.1) is 0 Å². The Morgan fingerprint density at radius 3 is 2.54 bits per heavy atom. The molecule has 0 saturated carbocycles. The first kappa shape index (κ1) is 16.3. The predicted molar refractivity (Wildman–Crippen MR) is 97.1 cm³/mol. The van der Waals surface area contributed by atoms with Gasteiger partial charge in [-0.1, -0.05) is 41.9 Å². The molecule has 0 unspecified atom stereocenters. The molecule has 24 heavy (non-hydrogen) atoms. The van der Waals surface area contributed by atoms with Crippen LogP contribution in [0.5, 0.6) is 0 Å². The molecule has 0 saturated heterocycles. The molecule has 1 atom stereocenters. The van der Waals surface area contributed by atoms with Gasteiger partial charge in [-0.2, -0.15) is 0 Å². The van der Waals surface area contributed by atoms with E-state index in [9.17, 15) is 9.18 Å². The summed E-state index contributed by atoms with van der Waals surface area (Å²) in [5.41, 5.74) is 1.23. The van der Waals surface area contributed by atoms with E-state index in [1.54, 1.807) is 6.92 Å². The van der Waals surface area contributed by atoms with Crippen molar-refractivity contribution in [2.24, 2.45) is 0 Å². The first-order chi connectivity index (χ1) is 11.5. The third-order valence-electron chi connectivity index (χ3n) is 3.71. The van der Waals surface area contributed by atoms with Crippen LogP contribution in [0.25, 0.3) is 10.8 Å². The summed E-state index contributed by atoms with van der Waals surface area (Å²) in [5, 5.41) is 8.25. The highest BCUT2D eigenvalue weighted by Gasteiger charge is 2.14. The van der Waals surface area contributed by atoms with Crippen LogP contribution in [0.3, 0.4) is 0 Å². The van der Waals surface area contributed by atoms with Crippen molar-refractivity contribution in [3.8, 4) is 0 Å². The fourth-order valence-corrected chi connectivity index (χ4v) is 2.64. The molecule has 0 heterocycles. The average molecular weight is 343 g/mol. The van der Waals surface area contributed by atoms with Gasteiger partial charge in [-0.05, 0) is 48.0 Å². The highest BCUT2D eigenvalue weighted by molar-refractivity contribution is 6.33. The molecule has 0 fully saturated rings. The van der Waals surface area contributed by atoms with E-state index in [1.165, 1.54) is 18.2 Å². The molecule has 0 spiro atoms. The van der Waals surface area contributed by atoms with Crippen molar-refractivity contribution in [3.05, 3.63) is 71.5 Å². The zero-order valence-electron chi connectivity index (χ0n) is 13.0. The normalized spacial score (nSPS) is 12.0. The molecule has 0 radical (unpaired) electrons. The van der Waals surface area contributed by atoms with Gasteiger partial charge in [-0.3, -0.25) is 4.79 Å². The molecule has 0 aliphatic rings. The Labute approximate surface area is 144 Å². The summed E-state index contributed by atoms with van der Waals surface area (Å²) < 4.78 is 13.0. The van der Waals surface area contributed by atoms with Crippen molar-refractivity contribution in [2.45, 2.75) is 13.0 Å². The molecule has 122 valence electrons. The maximum atomic E-state index is 13.0. The molecule has 3 nitrogen and oxygen atoms in total. The molecule has 3 aromatic carbocycles. The van der Waals surface area contributed by atoms with E-state index >= 15 is 0 Å².